The third-order valence-electron chi connectivity index (χ3n) is 26.2. The standard InChI is InChI=1S/C123H91BN4O/c1-121(2,3)92-74-100(82-41-17-9-18-42-82)119(101(75-92)83-43-19-10-20-44-83)127-112-78-94(125-108-58-30-25-53-96(108)97-54-26-31-59-109(97)125)64-67-106(112)124-107-68-65-95(126-110-60-32-27-55-98(110)99-56-28-33-61-111(99)126)79-113(107)128(120-102(87-47-35-45-84(69-87)80-37-13-7-14-38-80)76-93(122(4,5)6)77-103(120)88-48-36-46-85(70-88)81-39-15-8-16-40-81)115-72-89(71-114(127)118(115)124)86-63-66-105-117(73-86)129-116-62-34-29-57-104(116)123(105,90-49-21-11-22-50-90)91-51-23-12-24-52-91/h7-79H,1-6H3/i25D,26D,27D,28D,30D,31D,32D,33D,53D,54D,55D,56D,58D,59D,60D,61D,67D,68D. The van der Waals surface area contributed by atoms with E-state index in [4.69, 9.17) is 4.74 Å². The molecule has 129 heavy (non-hydrogen) atoms. The largest absolute Gasteiger partial charge is 0.457 e. The van der Waals surface area contributed by atoms with Gasteiger partial charge in [0.2, 0.25) is 0 Å². The fourth-order valence-corrected chi connectivity index (χ4v) is 20.2. The summed E-state index contributed by atoms with van der Waals surface area (Å²) in [4.78, 5) is 4.42. The van der Waals surface area contributed by atoms with Crippen LogP contribution in [0.2, 0.25) is 0 Å². The Labute approximate surface area is 779 Å². The van der Waals surface area contributed by atoms with Crippen molar-refractivity contribution in [1.29, 1.82) is 0 Å². The van der Waals surface area contributed by atoms with Crippen molar-refractivity contribution < 1.29 is 29.4 Å². The van der Waals surface area contributed by atoms with E-state index in [0.717, 1.165) is 89.0 Å². The Morgan fingerprint density at radius 2 is 0.612 bits per heavy atom. The van der Waals surface area contributed by atoms with E-state index in [1.54, 1.807) is 12.1 Å². The Balaban J connectivity index is 0.944. The molecule has 0 radical (unpaired) electrons. The second-order valence-corrected chi connectivity index (χ2v) is 35.7. The lowest BCUT2D eigenvalue weighted by Crippen LogP contribution is -2.61. The van der Waals surface area contributed by atoms with E-state index < -0.39 is 120 Å². The summed E-state index contributed by atoms with van der Waals surface area (Å²) < 4.78 is 190. The predicted molar refractivity (Wildman–Crippen MR) is 543 cm³/mol. The number of rotatable bonds is 13. The number of para-hydroxylation sites is 5. The molecule has 0 atom stereocenters. The second kappa shape index (κ2) is 30.3. The number of aromatic nitrogens is 2. The Morgan fingerprint density at radius 1 is 0.271 bits per heavy atom. The molecule has 0 fully saturated rings. The van der Waals surface area contributed by atoms with Crippen LogP contribution in [0.25, 0.3) is 133 Å². The minimum Gasteiger partial charge on any atom is -0.457 e. The zero-order chi connectivity index (χ0) is 102. The van der Waals surface area contributed by atoms with E-state index >= 15 is 0 Å². The molecule has 5 nitrogen and oxygen atoms in total. The van der Waals surface area contributed by atoms with Gasteiger partial charge in [0.25, 0.3) is 6.71 Å². The molecule has 2 aromatic heterocycles. The molecule has 3 aliphatic rings. The lowest BCUT2D eigenvalue weighted by Gasteiger charge is -2.46. The van der Waals surface area contributed by atoms with E-state index in [9.17, 15) is 24.7 Å². The van der Waals surface area contributed by atoms with Gasteiger partial charge in [-0.3, -0.25) is 0 Å². The fraction of sp³-hybridized carbons (Fsp3) is 0.0732. The number of benzene rings is 19. The summed E-state index contributed by atoms with van der Waals surface area (Å²) in [5.41, 5.74) is 17.5. The average Bonchev–Trinajstić information content (AvgIpc) is 1.50. The quantitative estimate of drug-likeness (QED) is 0.108. The van der Waals surface area contributed by atoms with Crippen molar-refractivity contribution in [1.82, 2.24) is 9.13 Å². The van der Waals surface area contributed by atoms with Gasteiger partial charge in [0.1, 0.15) is 11.5 Å². The number of nitrogens with zero attached hydrogens (tertiary/aromatic N) is 4. The maximum absolute atomic E-state index is 11.9. The minimum absolute atomic E-state index is 0.0520. The normalized spacial score (nSPS) is 15.1. The van der Waals surface area contributed by atoms with Gasteiger partial charge >= 0.3 is 0 Å². The summed E-state index contributed by atoms with van der Waals surface area (Å²) in [6.07, 6.45) is 0. The van der Waals surface area contributed by atoms with Gasteiger partial charge < -0.3 is 23.7 Å². The van der Waals surface area contributed by atoms with Gasteiger partial charge in [-0.2, -0.15) is 0 Å². The van der Waals surface area contributed by atoms with Gasteiger partial charge in [-0.25, -0.2) is 0 Å². The zero-order valence-corrected chi connectivity index (χ0v) is 71.5. The predicted octanol–water partition coefficient (Wildman–Crippen LogP) is 30.7. The molecule has 21 aromatic rings. The summed E-state index contributed by atoms with van der Waals surface area (Å²) in [6, 6.07) is 103. The van der Waals surface area contributed by atoms with Gasteiger partial charge in [-0.1, -0.05) is 375 Å². The summed E-state index contributed by atoms with van der Waals surface area (Å²) in [5.74, 6) is 1.14. The molecule has 0 spiro atoms. The Bertz CT molecular complexity index is 8850. The highest BCUT2D eigenvalue weighted by Gasteiger charge is 2.49. The molecule has 0 unspecified atom stereocenters. The first-order chi connectivity index (χ1) is 70.7. The van der Waals surface area contributed by atoms with Crippen LogP contribution in [0.1, 0.15) is 99.6 Å². The molecule has 24 rings (SSSR count). The molecule has 3 aliphatic heterocycles. The summed E-state index contributed by atoms with van der Waals surface area (Å²) >= 11 is 0. The van der Waals surface area contributed by atoms with Gasteiger partial charge in [-0.15, -0.1) is 0 Å². The van der Waals surface area contributed by atoms with Crippen LogP contribution in [0, 0.1) is 0 Å². The van der Waals surface area contributed by atoms with Crippen molar-refractivity contribution in [2.45, 2.75) is 57.8 Å². The minimum atomic E-state index is -1.29. The van der Waals surface area contributed by atoms with Gasteiger partial charge in [-0.05, 0) is 214 Å². The van der Waals surface area contributed by atoms with Crippen LogP contribution in [-0.4, -0.2) is 15.8 Å². The number of fused-ring (bicyclic) bond motifs is 12. The van der Waals surface area contributed by atoms with E-state index in [1.165, 1.54) is 9.13 Å². The Hall–Kier alpha value is -15.8. The molecular formula is C123H91BN4O. The summed E-state index contributed by atoms with van der Waals surface area (Å²) in [5, 5.41) is -0.731. The SMILES string of the molecule is [2H]c1cc(-n2c3c([2H])c([2H])c([2H])c([2H])c3c3c([2H])c([2H])c([2H])c([2H])c32)cc2c1B1c3c([2H])cc(-n4c5c([2H])c([2H])c([2H])c([2H])c5c5c([2H])c([2H])c([2H])c([2H])c54)cc3N(c3c(-c4cccc(-c5ccccc5)c4)cc(C(C)(C)C)cc3-c3cccc(-c4ccccc4)c3)c3cc(-c4ccc5c(c4)Oc4ccccc4C5(c4ccccc4)c4ccccc4)cc(c31)N2c1c(-c2ccccc2)cc(C(C)(C)C)cc1-c1ccccc1. The van der Waals surface area contributed by atoms with Crippen molar-refractivity contribution in [3.63, 3.8) is 0 Å². The van der Waals surface area contributed by atoms with Crippen molar-refractivity contribution >= 4 is 101 Å². The van der Waals surface area contributed by atoms with Crippen molar-refractivity contribution in [2.75, 3.05) is 9.80 Å². The molecular weight excluding hydrogens is 1560 g/mol. The van der Waals surface area contributed by atoms with E-state index in [2.05, 4.69) is 258 Å². The molecule has 6 heteroatoms. The highest BCUT2D eigenvalue weighted by Crippen LogP contribution is 2.60. The Kier molecular flexibility index (Phi) is 14.1. The molecule has 0 saturated carbocycles. The van der Waals surface area contributed by atoms with Crippen LogP contribution < -0.4 is 30.9 Å². The Morgan fingerprint density at radius 3 is 1.02 bits per heavy atom. The number of ether oxygens (including phenoxy) is 1. The average molecular weight is 1670 g/mol. The first-order valence-corrected chi connectivity index (χ1v) is 43.7. The van der Waals surface area contributed by atoms with E-state index in [1.807, 2.05) is 115 Å². The summed E-state index contributed by atoms with van der Waals surface area (Å²) in [6.45, 7) is 11.8. The molecule has 612 valence electrons. The van der Waals surface area contributed by atoms with Crippen molar-refractivity contribution in [3.05, 3.63) is 476 Å². The van der Waals surface area contributed by atoms with Crippen molar-refractivity contribution in [3.8, 4) is 101 Å². The van der Waals surface area contributed by atoms with Gasteiger partial charge in [0.05, 0.1) is 63.5 Å². The molecule has 5 heterocycles. The first kappa shape index (κ1) is 60.0. The third kappa shape index (κ3) is 12.5. The maximum Gasteiger partial charge on any atom is 0.252 e. The lowest BCUT2D eigenvalue weighted by molar-refractivity contribution is 0.434. The van der Waals surface area contributed by atoms with E-state index in [0.29, 0.717) is 67.4 Å². The molecule has 0 amide bonds. The molecule has 0 bridgehead atoms. The molecule has 0 aliphatic carbocycles. The topological polar surface area (TPSA) is 25.6 Å². The molecule has 0 N–H and O–H groups in total. The van der Waals surface area contributed by atoms with Gasteiger partial charge in [0.15, 0.2) is 0 Å². The highest BCUT2D eigenvalue weighted by atomic mass is 16.5. The number of anilines is 6. The van der Waals surface area contributed by atoms with Crippen LogP contribution in [0.4, 0.5) is 34.1 Å². The fourth-order valence-electron chi connectivity index (χ4n) is 20.2. The number of hydrogen-bond donors (Lipinski definition) is 0. The second-order valence-electron chi connectivity index (χ2n) is 35.7. The summed E-state index contributed by atoms with van der Waals surface area (Å²) in [7, 11) is 0. The van der Waals surface area contributed by atoms with Crippen LogP contribution in [-0.2, 0) is 16.2 Å². The van der Waals surface area contributed by atoms with Crippen LogP contribution in [0.15, 0.2) is 442 Å². The van der Waals surface area contributed by atoms with E-state index in [-0.39, 0.29) is 83.9 Å². The van der Waals surface area contributed by atoms with Gasteiger partial charge in [0, 0.05) is 89.0 Å². The third-order valence-corrected chi connectivity index (χ3v) is 26.2. The highest BCUT2D eigenvalue weighted by molar-refractivity contribution is 7.00. The molecule has 19 aromatic carbocycles. The lowest BCUT2D eigenvalue weighted by atomic mass is 9.33. The van der Waals surface area contributed by atoms with Crippen molar-refractivity contribution in [2.24, 2.45) is 0 Å². The first-order valence-electron chi connectivity index (χ1n) is 52.7. The van der Waals surface area contributed by atoms with Crippen LogP contribution in [0.5, 0.6) is 11.5 Å². The zero-order valence-electron chi connectivity index (χ0n) is 89.5. The molecule has 0 saturated heterocycles. The number of hydrogen-bond acceptors (Lipinski definition) is 3. The van der Waals surface area contributed by atoms with Crippen LogP contribution in [0.3, 0.4) is 0 Å². The van der Waals surface area contributed by atoms with Crippen LogP contribution >= 0.6 is 0 Å². The monoisotopic (exact) mass is 1670 g/mol. The smallest absolute Gasteiger partial charge is 0.252 e. The maximum atomic E-state index is 11.9.